The van der Waals surface area contributed by atoms with E-state index in [-0.39, 0.29) is 0 Å². The van der Waals surface area contributed by atoms with Crippen LogP contribution in [0.2, 0.25) is 10.0 Å². The third-order valence-corrected chi connectivity index (χ3v) is 9.81. The van der Waals surface area contributed by atoms with Crippen LogP contribution in [0.25, 0.3) is 11.1 Å². The number of hydrogen-bond donors (Lipinski definition) is 0. The molecule has 0 spiro atoms. The van der Waals surface area contributed by atoms with Crippen molar-refractivity contribution in [3.63, 3.8) is 0 Å². The third-order valence-electron chi connectivity index (χ3n) is 9.34. The van der Waals surface area contributed by atoms with E-state index < -0.39 is 0 Å². The molecule has 40 heavy (non-hydrogen) atoms. The Morgan fingerprint density at radius 3 is 1.20 bits per heavy atom. The van der Waals surface area contributed by atoms with E-state index in [2.05, 4.69) is 72.4 Å². The van der Waals surface area contributed by atoms with Crippen LogP contribution in [-0.4, -0.2) is 50.1 Å². The Hall–Kier alpha value is -3.02. The minimum atomic E-state index is 0.343. The summed E-state index contributed by atoms with van der Waals surface area (Å²) < 4.78 is 13.1. The zero-order valence-electron chi connectivity index (χ0n) is 22.5. The monoisotopic (exact) mass is 568 g/mol. The molecule has 4 aliphatic heterocycles. The molecule has 2 saturated heterocycles. The topological polar surface area (TPSA) is 24.9 Å². The molecule has 0 aliphatic carbocycles. The molecule has 8 rings (SSSR count). The van der Waals surface area contributed by atoms with Gasteiger partial charge in [0.25, 0.3) is 0 Å². The van der Waals surface area contributed by atoms with Crippen molar-refractivity contribution in [1.82, 2.24) is 9.80 Å². The van der Waals surface area contributed by atoms with Gasteiger partial charge in [-0.2, -0.15) is 0 Å². The second kappa shape index (κ2) is 9.25. The van der Waals surface area contributed by atoms with Crippen molar-refractivity contribution in [3.05, 3.63) is 105 Å². The predicted octanol–water partition coefficient (Wildman–Crippen LogP) is 8.50. The summed E-state index contributed by atoms with van der Waals surface area (Å²) in [6.07, 6.45) is 0. The van der Waals surface area contributed by atoms with Crippen LogP contribution >= 0.6 is 23.2 Å². The van der Waals surface area contributed by atoms with Gasteiger partial charge in [0.1, 0.15) is 23.0 Å². The molecule has 0 saturated carbocycles. The van der Waals surface area contributed by atoms with Crippen molar-refractivity contribution >= 4 is 23.2 Å². The molecular weight excluding hydrogens is 539 g/mol. The summed E-state index contributed by atoms with van der Waals surface area (Å²) in [5.74, 6) is 5.09. The molecule has 4 aromatic carbocycles. The molecule has 4 atom stereocenters. The molecule has 4 unspecified atom stereocenters. The predicted molar refractivity (Wildman–Crippen MR) is 161 cm³/mol. The van der Waals surface area contributed by atoms with Gasteiger partial charge in [-0.3, -0.25) is 0 Å². The lowest BCUT2D eigenvalue weighted by Crippen LogP contribution is -2.14. The highest BCUT2D eigenvalue weighted by molar-refractivity contribution is 6.31. The number of hydrogen-bond acceptors (Lipinski definition) is 4. The quantitative estimate of drug-likeness (QED) is 0.230. The van der Waals surface area contributed by atoms with Gasteiger partial charge < -0.3 is 19.3 Å². The average Bonchev–Trinajstić information content (AvgIpc) is 3.46. The fourth-order valence-corrected chi connectivity index (χ4v) is 7.89. The number of ether oxygens (including phenoxy) is 2. The first-order valence-corrected chi connectivity index (χ1v) is 14.8. The Bertz CT molecular complexity index is 1550. The minimum absolute atomic E-state index is 0.343. The SMILES string of the molecule is CN1CC2c3cc(Cl)ccc3Oc3ccc(-c4ccc5c(c4)C4CN(C)CC4c4cc(Cl)ccc4O5)cc3C2C1. The van der Waals surface area contributed by atoms with E-state index in [4.69, 9.17) is 32.7 Å². The summed E-state index contributed by atoms with van der Waals surface area (Å²) in [5, 5.41) is 1.52. The number of fused-ring (bicyclic) bond motifs is 10. The van der Waals surface area contributed by atoms with Crippen molar-refractivity contribution in [2.75, 3.05) is 40.3 Å². The van der Waals surface area contributed by atoms with E-state index in [1.54, 1.807) is 0 Å². The van der Waals surface area contributed by atoms with Crippen molar-refractivity contribution in [2.45, 2.75) is 23.7 Å². The second-order valence-corrected chi connectivity index (χ2v) is 12.8. The first-order chi connectivity index (χ1) is 19.4. The largest absolute Gasteiger partial charge is 0.457 e. The van der Waals surface area contributed by atoms with Crippen LogP contribution in [0.15, 0.2) is 72.8 Å². The Labute approximate surface area is 245 Å². The smallest absolute Gasteiger partial charge is 0.131 e. The number of likely N-dealkylation sites (tertiary alicyclic amines) is 2. The van der Waals surface area contributed by atoms with Crippen LogP contribution in [-0.2, 0) is 0 Å². The van der Waals surface area contributed by atoms with E-state index in [9.17, 15) is 0 Å². The lowest BCUT2D eigenvalue weighted by Gasteiger charge is -2.20. The fourth-order valence-electron chi connectivity index (χ4n) is 7.52. The van der Waals surface area contributed by atoms with Gasteiger partial charge in [-0.25, -0.2) is 0 Å². The fraction of sp³-hybridized carbons (Fsp3) is 0.294. The summed E-state index contributed by atoms with van der Waals surface area (Å²) in [4.78, 5) is 4.84. The maximum atomic E-state index is 6.53. The molecule has 4 aromatic rings. The molecule has 2 fully saturated rings. The highest BCUT2D eigenvalue weighted by Gasteiger charge is 2.40. The van der Waals surface area contributed by atoms with Gasteiger partial charge >= 0.3 is 0 Å². The Kier molecular flexibility index (Phi) is 5.72. The maximum Gasteiger partial charge on any atom is 0.131 e. The van der Waals surface area contributed by atoms with Gasteiger partial charge in [0.2, 0.25) is 0 Å². The van der Waals surface area contributed by atoms with Crippen LogP contribution in [0.3, 0.4) is 0 Å². The number of nitrogens with zero attached hydrogens (tertiary/aromatic N) is 2. The molecule has 0 bridgehead atoms. The zero-order chi connectivity index (χ0) is 27.1. The van der Waals surface area contributed by atoms with Gasteiger partial charge in [-0.15, -0.1) is 0 Å². The molecule has 4 aliphatic rings. The van der Waals surface area contributed by atoms with Gasteiger partial charge in [0.15, 0.2) is 0 Å². The number of rotatable bonds is 1. The van der Waals surface area contributed by atoms with Gasteiger partial charge in [-0.1, -0.05) is 35.3 Å². The first kappa shape index (κ1) is 24.8. The molecule has 6 heteroatoms. The number of benzene rings is 4. The summed E-state index contributed by atoms with van der Waals surface area (Å²) in [6, 6.07) is 25.4. The lowest BCUT2D eigenvalue weighted by molar-refractivity contribution is 0.401. The number of likely N-dealkylation sites (N-methyl/N-ethyl adjacent to an activating group) is 2. The summed E-state index contributed by atoms with van der Waals surface area (Å²) in [5.41, 5.74) is 7.36. The van der Waals surface area contributed by atoms with Crippen LogP contribution in [0.5, 0.6) is 23.0 Å². The van der Waals surface area contributed by atoms with Gasteiger partial charge in [0.05, 0.1) is 0 Å². The molecule has 202 valence electrons. The van der Waals surface area contributed by atoms with Gasteiger partial charge in [0, 0.05) is 82.1 Å². The van der Waals surface area contributed by atoms with E-state index in [1.165, 1.54) is 33.4 Å². The Morgan fingerprint density at radius 1 is 0.500 bits per heavy atom. The Balaban J connectivity index is 1.22. The maximum absolute atomic E-state index is 6.53. The Morgan fingerprint density at radius 2 is 0.825 bits per heavy atom. The number of halogens is 2. The average molecular weight is 570 g/mol. The van der Waals surface area contributed by atoms with E-state index in [0.29, 0.717) is 23.7 Å². The summed E-state index contributed by atoms with van der Waals surface area (Å²) in [7, 11) is 4.41. The molecule has 0 radical (unpaired) electrons. The van der Waals surface area contributed by atoms with Crippen LogP contribution < -0.4 is 9.47 Å². The zero-order valence-corrected chi connectivity index (χ0v) is 24.0. The van der Waals surface area contributed by atoms with Crippen molar-refractivity contribution in [1.29, 1.82) is 0 Å². The summed E-state index contributed by atoms with van der Waals surface area (Å²) in [6.45, 7) is 3.96. The minimum Gasteiger partial charge on any atom is -0.457 e. The van der Waals surface area contributed by atoms with E-state index in [0.717, 1.165) is 59.2 Å². The molecule has 4 heterocycles. The van der Waals surface area contributed by atoms with Crippen molar-refractivity contribution in [3.8, 4) is 34.1 Å². The van der Waals surface area contributed by atoms with Crippen LogP contribution in [0.1, 0.15) is 45.9 Å². The highest BCUT2D eigenvalue weighted by atomic mass is 35.5. The third kappa shape index (κ3) is 3.96. The van der Waals surface area contributed by atoms with Crippen molar-refractivity contribution in [2.24, 2.45) is 0 Å². The lowest BCUT2D eigenvalue weighted by atomic mass is 9.82. The van der Waals surface area contributed by atoms with E-state index in [1.807, 2.05) is 24.3 Å². The van der Waals surface area contributed by atoms with Crippen LogP contribution in [0.4, 0.5) is 0 Å². The molecule has 0 amide bonds. The first-order valence-electron chi connectivity index (χ1n) is 14.0. The molecule has 0 aromatic heterocycles. The van der Waals surface area contributed by atoms with Crippen LogP contribution in [0, 0.1) is 0 Å². The van der Waals surface area contributed by atoms with Gasteiger partial charge in [-0.05, 0) is 85.9 Å². The molecular formula is C34H30Cl2N2O2. The standard InChI is InChI=1S/C34H30Cl2N2O2/c1-37-15-27-23-11-19(3-7-31(23)39-33-9-5-21(35)13-25(33)29(27)17-37)20-4-8-32-24(12-20)28-16-38(2)18-30(28)26-14-22(36)6-10-34(26)40-32/h3-14,27-30H,15-18H2,1-2H3. The second-order valence-electron chi connectivity index (χ2n) is 11.9. The normalized spacial score (nSPS) is 24.8. The summed E-state index contributed by atoms with van der Waals surface area (Å²) >= 11 is 12.9. The van der Waals surface area contributed by atoms with Crippen molar-refractivity contribution < 1.29 is 9.47 Å². The molecule has 0 N–H and O–H groups in total. The van der Waals surface area contributed by atoms with E-state index >= 15 is 0 Å². The highest BCUT2D eigenvalue weighted by Crippen LogP contribution is 2.53. The molecule has 4 nitrogen and oxygen atoms in total.